The van der Waals surface area contributed by atoms with Crippen molar-refractivity contribution in [1.29, 1.82) is 0 Å². The molecule has 5 nitrogen and oxygen atoms in total. The van der Waals surface area contributed by atoms with Crippen molar-refractivity contribution < 1.29 is 4.79 Å². The number of nitrogens with zero attached hydrogens (tertiary/aromatic N) is 3. The number of aromatic nitrogens is 1. The zero-order chi connectivity index (χ0) is 19.3. The lowest BCUT2D eigenvalue weighted by atomic mass is 9.99. The Hall–Kier alpha value is -2.56. The number of amides is 1. The van der Waals surface area contributed by atoms with Gasteiger partial charge < -0.3 is 15.1 Å². The molecule has 2 aromatic rings. The number of hydrogen-bond acceptors (Lipinski definition) is 4. The van der Waals surface area contributed by atoms with E-state index >= 15 is 0 Å². The van der Waals surface area contributed by atoms with Crippen LogP contribution in [0.2, 0.25) is 0 Å². The quantitative estimate of drug-likeness (QED) is 0.847. The molecule has 2 fully saturated rings. The van der Waals surface area contributed by atoms with E-state index in [2.05, 4.69) is 39.2 Å². The van der Waals surface area contributed by atoms with Gasteiger partial charge in [0.05, 0.1) is 0 Å². The first-order valence-corrected chi connectivity index (χ1v) is 10.6. The van der Waals surface area contributed by atoms with E-state index in [1.165, 1.54) is 37.8 Å². The number of benzene rings is 1. The van der Waals surface area contributed by atoms with Gasteiger partial charge in [-0.3, -0.25) is 4.79 Å². The molecule has 2 aliphatic rings. The van der Waals surface area contributed by atoms with E-state index in [1.807, 2.05) is 18.2 Å². The van der Waals surface area contributed by atoms with Crippen molar-refractivity contribution in [3.63, 3.8) is 0 Å². The highest BCUT2D eigenvalue weighted by molar-refractivity contribution is 6.04. The standard InChI is InChI=1S/C23H30N4O/c1-18-10-15-27(16-11-18)22-17-19(9-12-24-22)23(28)25-20-5-7-21(8-6-20)26-13-3-2-4-14-26/h5-9,12,17-18H,2-4,10-11,13-16H2,1H3,(H,25,28). The van der Waals surface area contributed by atoms with Crippen molar-refractivity contribution in [2.45, 2.75) is 39.0 Å². The van der Waals surface area contributed by atoms with E-state index in [-0.39, 0.29) is 5.91 Å². The molecular weight excluding hydrogens is 348 g/mol. The summed E-state index contributed by atoms with van der Waals surface area (Å²) >= 11 is 0. The summed E-state index contributed by atoms with van der Waals surface area (Å²) in [6.07, 6.45) is 7.96. The molecule has 28 heavy (non-hydrogen) atoms. The Morgan fingerprint density at radius 1 is 0.964 bits per heavy atom. The molecule has 5 heteroatoms. The van der Waals surface area contributed by atoms with E-state index < -0.39 is 0 Å². The molecule has 0 bridgehead atoms. The van der Waals surface area contributed by atoms with Crippen LogP contribution in [0.1, 0.15) is 49.4 Å². The fourth-order valence-corrected chi connectivity index (χ4v) is 4.08. The topological polar surface area (TPSA) is 48.5 Å². The van der Waals surface area contributed by atoms with Crippen LogP contribution in [0.15, 0.2) is 42.6 Å². The third kappa shape index (κ3) is 4.46. The van der Waals surface area contributed by atoms with Crippen molar-refractivity contribution in [3.8, 4) is 0 Å². The Labute approximate surface area is 167 Å². The second-order valence-corrected chi connectivity index (χ2v) is 8.12. The van der Waals surface area contributed by atoms with Crippen LogP contribution < -0.4 is 15.1 Å². The number of anilines is 3. The number of nitrogens with one attached hydrogen (secondary N) is 1. The Morgan fingerprint density at radius 2 is 1.68 bits per heavy atom. The van der Waals surface area contributed by atoms with Gasteiger partial charge in [-0.25, -0.2) is 4.98 Å². The highest BCUT2D eigenvalue weighted by atomic mass is 16.1. The van der Waals surface area contributed by atoms with Gasteiger partial charge in [0.25, 0.3) is 5.91 Å². The zero-order valence-electron chi connectivity index (χ0n) is 16.7. The number of piperidine rings is 2. The predicted octanol–water partition coefficient (Wildman–Crippen LogP) is 4.56. The van der Waals surface area contributed by atoms with Gasteiger partial charge in [0.1, 0.15) is 5.82 Å². The number of carbonyl (C=O) groups is 1. The molecule has 0 unspecified atom stereocenters. The minimum Gasteiger partial charge on any atom is -0.372 e. The Morgan fingerprint density at radius 3 is 2.39 bits per heavy atom. The Kier molecular flexibility index (Phi) is 5.79. The predicted molar refractivity (Wildman–Crippen MR) is 115 cm³/mol. The minimum atomic E-state index is -0.0836. The van der Waals surface area contributed by atoms with E-state index in [4.69, 9.17) is 0 Å². The average molecular weight is 379 g/mol. The van der Waals surface area contributed by atoms with Crippen LogP contribution >= 0.6 is 0 Å². The van der Waals surface area contributed by atoms with Gasteiger partial charge in [-0.2, -0.15) is 0 Å². The smallest absolute Gasteiger partial charge is 0.255 e. The summed E-state index contributed by atoms with van der Waals surface area (Å²) in [6, 6.07) is 11.9. The molecule has 0 saturated carbocycles. The van der Waals surface area contributed by atoms with Crippen LogP contribution in [-0.4, -0.2) is 37.1 Å². The van der Waals surface area contributed by atoms with Gasteiger partial charge in [0.2, 0.25) is 0 Å². The van der Waals surface area contributed by atoms with Crippen LogP contribution in [0, 0.1) is 5.92 Å². The molecule has 148 valence electrons. The lowest BCUT2D eigenvalue weighted by Crippen LogP contribution is -2.33. The van der Waals surface area contributed by atoms with Gasteiger partial charge in [0.15, 0.2) is 0 Å². The van der Waals surface area contributed by atoms with E-state index in [0.29, 0.717) is 5.56 Å². The number of pyridine rings is 1. The molecule has 0 aliphatic carbocycles. The largest absolute Gasteiger partial charge is 0.372 e. The van der Waals surface area contributed by atoms with Crippen molar-refractivity contribution in [3.05, 3.63) is 48.2 Å². The second-order valence-electron chi connectivity index (χ2n) is 8.12. The highest BCUT2D eigenvalue weighted by Gasteiger charge is 2.18. The summed E-state index contributed by atoms with van der Waals surface area (Å²) in [7, 11) is 0. The van der Waals surface area contributed by atoms with Crippen LogP contribution in [0.4, 0.5) is 17.2 Å². The van der Waals surface area contributed by atoms with E-state index in [0.717, 1.165) is 43.6 Å². The first-order valence-electron chi connectivity index (χ1n) is 10.6. The maximum absolute atomic E-state index is 12.7. The molecule has 0 atom stereocenters. The van der Waals surface area contributed by atoms with Crippen molar-refractivity contribution in [2.24, 2.45) is 5.92 Å². The summed E-state index contributed by atoms with van der Waals surface area (Å²) in [5.74, 6) is 1.59. The maximum atomic E-state index is 12.7. The highest BCUT2D eigenvalue weighted by Crippen LogP contribution is 2.24. The van der Waals surface area contributed by atoms with Crippen LogP contribution in [0.25, 0.3) is 0 Å². The van der Waals surface area contributed by atoms with Gasteiger partial charge in [-0.1, -0.05) is 6.92 Å². The maximum Gasteiger partial charge on any atom is 0.255 e. The summed E-state index contributed by atoms with van der Waals surface area (Å²) in [6.45, 7) is 6.57. The summed E-state index contributed by atoms with van der Waals surface area (Å²) in [5.41, 5.74) is 2.72. The third-order valence-corrected chi connectivity index (χ3v) is 5.96. The molecule has 1 amide bonds. The lowest BCUT2D eigenvalue weighted by molar-refractivity contribution is 0.102. The van der Waals surface area contributed by atoms with Gasteiger partial charge in [-0.05, 0) is 74.4 Å². The molecule has 1 N–H and O–H groups in total. The minimum absolute atomic E-state index is 0.0836. The molecule has 0 radical (unpaired) electrons. The third-order valence-electron chi connectivity index (χ3n) is 5.96. The monoisotopic (exact) mass is 378 g/mol. The molecule has 1 aromatic carbocycles. The molecular formula is C23H30N4O. The fraction of sp³-hybridized carbons (Fsp3) is 0.478. The Bertz CT molecular complexity index is 791. The molecule has 3 heterocycles. The zero-order valence-corrected chi connectivity index (χ0v) is 16.7. The molecule has 4 rings (SSSR count). The number of rotatable bonds is 4. The SMILES string of the molecule is CC1CCN(c2cc(C(=O)Nc3ccc(N4CCCCC4)cc3)ccn2)CC1. The van der Waals surface area contributed by atoms with Gasteiger partial charge in [0, 0.05) is 49.3 Å². The van der Waals surface area contributed by atoms with Crippen LogP contribution in [-0.2, 0) is 0 Å². The van der Waals surface area contributed by atoms with E-state index in [1.54, 1.807) is 12.3 Å². The summed E-state index contributed by atoms with van der Waals surface area (Å²) in [4.78, 5) is 21.9. The number of carbonyl (C=O) groups excluding carboxylic acids is 1. The summed E-state index contributed by atoms with van der Waals surface area (Å²) < 4.78 is 0. The summed E-state index contributed by atoms with van der Waals surface area (Å²) in [5, 5.41) is 3.02. The first-order chi connectivity index (χ1) is 13.7. The average Bonchev–Trinajstić information content (AvgIpc) is 2.75. The van der Waals surface area contributed by atoms with Crippen molar-refractivity contribution >= 4 is 23.1 Å². The van der Waals surface area contributed by atoms with E-state index in [9.17, 15) is 4.79 Å². The van der Waals surface area contributed by atoms with Crippen LogP contribution in [0.5, 0.6) is 0 Å². The second kappa shape index (κ2) is 8.63. The Balaban J connectivity index is 1.40. The van der Waals surface area contributed by atoms with Crippen molar-refractivity contribution in [1.82, 2.24) is 4.98 Å². The van der Waals surface area contributed by atoms with Crippen molar-refractivity contribution in [2.75, 3.05) is 41.3 Å². The van der Waals surface area contributed by atoms with Gasteiger partial charge in [-0.15, -0.1) is 0 Å². The molecule has 2 aliphatic heterocycles. The fourth-order valence-electron chi connectivity index (χ4n) is 4.08. The number of hydrogen-bond donors (Lipinski definition) is 1. The molecule has 1 aromatic heterocycles. The first kappa shape index (κ1) is 18.8. The molecule has 0 spiro atoms. The van der Waals surface area contributed by atoms with Crippen LogP contribution in [0.3, 0.4) is 0 Å². The van der Waals surface area contributed by atoms with Gasteiger partial charge >= 0.3 is 0 Å². The molecule has 2 saturated heterocycles. The normalized spacial score (nSPS) is 18.2. The lowest BCUT2D eigenvalue weighted by Gasteiger charge is -2.31.